The van der Waals surface area contributed by atoms with Crippen molar-refractivity contribution in [3.63, 3.8) is 0 Å². The van der Waals surface area contributed by atoms with Gasteiger partial charge < -0.3 is 10.2 Å². The molecule has 1 saturated heterocycles. The monoisotopic (exact) mass is 324 g/mol. The minimum absolute atomic E-state index is 0.0351. The molecule has 0 bridgehead atoms. The highest BCUT2D eigenvalue weighted by atomic mass is 35.5. The summed E-state index contributed by atoms with van der Waals surface area (Å²) in [4.78, 5) is 26.2. The Morgan fingerprint density at radius 3 is 2.86 bits per heavy atom. The van der Waals surface area contributed by atoms with Crippen molar-refractivity contribution in [3.05, 3.63) is 17.4 Å². The van der Waals surface area contributed by atoms with Gasteiger partial charge in [-0.05, 0) is 12.8 Å². The summed E-state index contributed by atoms with van der Waals surface area (Å²) >= 11 is 5.79. The number of hydrogen-bond acceptors (Lipinski definition) is 3. The summed E-state index contributed by atoms with van der Waals surface area (Å²) in [5, 5.41) is 7.53. The van der Waals surface area contributed by atoms with Crippen molar-refractivity contribution in [2.24, 2.45) is 5.92 Å². The van der Waals surface area contributed by atoms with Gasteiger partial charge in [-0.2, -0.15) is 5.10 Å². The molecule has 0 aromatic carbocycles. The van der Waals surface area contributed by atoms with Crippen LogP contribution in [0.2, 0.25) is 5.02 Å². The maximum atomic E-state index is 12.2. The van der Waals surface area contributed by atoms with Gasteiger partial charge in [0.15, 0.2) is 0 Å². The molecule has 2 fully saturated rings. The van der Waals surface area contributed by atoms with Crippen molar-refractivity contribution in [3.8, 4) is 0 Å². The lowest BCUT2D eigenvalue weighted by atomic mass is 10.1. The van der Waals surface area contributed by atoms with Crippen molar-refractivity contribution in [2.75, 3.05) is 13.1 Å². The van der Waals surface area contributed by atoms with Crippen molar-refractivity contribution in [2.45, 2.75) is 44.7 Å². The van der Waals surface area contributed by atoms with Crippen molar-refractivity contribution < 1.29 is 9.59 Å². The summed E-state index contributed by atoms with van der Waals surface area (Å²) in [7, 11) is 0. The third kappa shape index (κ3) is 3.43. The zero-order valence-electron chi connectivity index (χ0n) is 12.5. The number of amides is 2. The molecule has 2 aliphatic rings. The van der Waals surface area contributed by atoms with Crippen LogP contribution in [0.1, 0.15) is 32.1 Å². The van der Waals surface area contributed by atoms with E-state index in [1.165, 1.54) is 12.8 Å². The molecule has 2 heterocycles. The number of halogens is 1. The molecule has 7 heteroatoms. The number of nitrogens with zero attached hydrogens (tertiary/aromatic N) is 3. The molecule has 0 radical (unpaired) electrons. The molecular formula is C15H21ClN4O2. The van der Waals surface area contributed by atoms with Gasteiger partial charge in [0.05, 0.1) is 23.7 Å². The SMILES string of the molecule is O=C(NCCn1cc(Cl)cn1)[C@H]1CC(=O)N(C2CCCC2)C1. The van der Waals surface area contributed by atoms with Crippen LogP contribution in [0.15, 0.2) is 12.4 Å². The minimum atomic E-state index is -0.214. The zero-order valence-corrected chi connectivity index (χ0v) is 13.3. The lowest BCUT2D eigenvalue weighted by molar-refractivity contribution is -0.130. The fourth-order valence-electron chi connectivity index (χ4n) is 3.37. The maximum Gasteiger partial charge on any atom is 0.225 e. The summed E-state index contributed by atoms with van der Waals surface area (Å²) in [5.74, 6) is -0.118. The number of rotatable bonds is 5. The van der Waals surface area contributed by atoms with Crippen molar-refractivity contribution >= 4 is 23.4 Å². The van der Waals surface area contributed by atoms with E-state index >= 15 is 0 Å². The van der Waals surface area contributed by atoms with Gasteiger partial charge in [-0.25, -0.2) is 0 Å². The van der Waals surface area contributed by atoms with E-state index in [9.17, 15) is 9.59 Å². The summed E-state index contributed by atoms with van der Waals surface area (Å²) in [6.07, 6.45) is 8.18. The van der Waals surface area contributed by atoms with Gasteiger partial charge in [-0.1, -0.05) is 24.4 Å². The molecular weight excluding hydrogens is 304 g/mol. The third-order valence-electron chi connectivity index (χ3n) is 4.54. The molecule has 3 rings (SSSR count). The first kappa shape index (κ1) is 15.3. The zero-order chi connectivity index (χ0) is 15.5. The van der Waals surface area contributed by atoms with Gasteiger partial charge >= 0.3 is 0 Å². The van der Waals surface area contributed by atoms with Gasteiger partial charge in [0.2, 0.25) is 11.8 Å². The van der Waals surface area contributed by atoms with Crippen LogP contribution in [0.4, 0.5) is 0 Å². The van der Waals surface area contributed by atoms with Crippen LogP contribution >= 0.6 is 11.6 Å². The second-order valence-electron chi connectivity index (χ2n) is 6.10. The highest BCUT2D eigenvalue weighted by molar-refractivity contribution is 6.30. The molecule has 0 unspecified atom stereocenters. The quantitative estimate of drug-likeness (QED) is 0.891. The van der Waals surface area contributed by atoms with Gasteiger partial charge in [-0.3, -0.25) is 14.3 Å². The van der Waals surface area contributed by atoms with E-state index in [1.54, 1.807) is 17.1 Å². The fraction of sp³-hybridized carbons (Fsp3) is 0.667. The van der Waals surface area contributed by atoms with Gasteiger partial charge in [0.1, 0.15) is 0 Å². The molecule has 0 spiro atoms. The van der Waals surface area contributed by atoms with E-state index in [-0.39, 0.29) is 17.7 Å². The molecule has 1 atom stereocenters. The van der Waals surface area contributed by atoms with Crippen LogP contribution in [0.3, 0.4) is 0 Å². The molecule has 1 saturated carbocycles. The smallest absolute Gasteiger partial charge is 0.225 e. The van der Waals surface area contributed by atoms with E-state index in [0.717, 1.165) is 12.8 Å². The summed E-state index contributed by atoms with van der Waals surface area (Å²) in [6.45, 7) is 1.64. The van der Waals surface area contributed by atoms with E-state index < -0.39 is 0 Å². The van der Waals surface area contributed by atoms with E-state index in [0.29, 0.717) is 37.1 Å². The Balaban J connectivity index is 1.45. The van der Waals surface area contributed by atoms with Crippen LogP contribution in [0, 0.1) is 5.92 Å². The Labute approximate surface area is 134 Å². The van der Waals surface area contributed by atoms with Crippen molar-refractivity contribution in [1.29, 1.82) is 0 Å². The van der Waals surface area contributed by atoms with Crippen LogP contribution in [0.5, 0.6) is 0 Å². The second kappa shape index (κ2) is 6.69. The lowest BCUT2D eigenvalue weighted by Crippen LogP contribution is -2.37. The topological polar surface area (TPSA) is 67.2 Å². The summed E-state index contributed by atoms with van der Waals surface area (Å²) in [6, 6.07) is 0.358. The average Bonchev–Trinajstić information content (AvgIpc) is 3.19. The Morgan fingerprint density at radius 2 is 2.18 bits per heavy atom. The van der Waals surface area contributed by atoms with Crippen LogP contribution in [0.25, 0.3) is 0 Å². The summed E-state index contributed by atoms with van der Waals surface area (Å²) in [5.41, 5.74) is 0. The number of carbonyl (C=O) groups excluding carboxylic acids is 2. The average molecular weight is 325 g/mol. The van der Waals surface area contributed by atoms with Gasteiger partial charge in [0, 0.05) is 31.7 Å². The molecule has 1 aliphatic heterocycles. The van der Waals surface area contributed by atoms with Crippen molar-refractivity contribution in [1.82, 2.24) is 20.0 Å². The van der Waals surface area contributed by atoms with Crippen LogP contribution in [-0.4, -0.2) is 45.6 Å². The van der Waals surface area contributed by atoms with Crippen LogP contribution < -0.4 is 5.32 Å². The standard InChI is InChI=1S/C15H21ClN4O2/c16-12-8-18-19(10-12)6-5-17-15(22)11-7-14(21)20(9-11)13-3-1-2-4-13/h8,10-11,13H,1-7,9H2,(H,17,22)/t11-/m0/s1. The minimum Gasteiger partial charge on any atom is -0.354 e. The second-order valence-corrected chi connectivity index (χ2v) is 6.53. The predicted octanol–water partition coefficient (Wildman–Crippen LogP) is 1.44. The van der Waals surface area contributed by atoms with Gasteiger partial charge in [0.25, 0.3) is 0 Å². The third-order valence-corrected chi connectivity index (χ3v) is 4.73. The Bertz CT molecular complexity index is 553. The summed E-state index contributed by atoms with van der Waals surface area (Å²) < 4.78 is 1.69. The highest BCUT2D eigenvalue weighted by Gasteiger charge is 2.38. The number of nitrogens with one attached hydrogen (secondary N) is 1. The largest absolute Gasteiger partial charge is 0.354 e. The first-order chi connectivity index (χ1) is 10.6. The molecule has 1 N–H and O–H groups in total. The predicted molar refractivity (Wildman–Crippen MR) is 82.3 cm³/mol. The maximum absolute atomic E-state index is 12.2. The number of aromatic nitrogens is 2. The first-order valence-corrected chi connectivity index (χ1v) is 8.26. The molecule has 1 aliphatic carbocycles. The molecule has 2 amide bonds. The van der Waals surface area contributed by atoms with E-state index in [4.69, 9.17) is 11.6 Å². The number of likely N-dealkylation sites (tertiary alicyclic amines) is 1. The number of carbonyl (C=O) groups is 2. The van der Waals surface area contributed by atoms with E-state index in [1.807, 2.05) is 4.90 Å². The lowest BCUT2D eigenvalue weighted by Gasteiger charge is -2.23. The fourth-order valence-corrected chi connectivity index (χ4v) is 3.53. The normalized spacial score (nSPS) is 22.5. The molecule has 120 valence electrons. The first-order valence-electron chi connectivity index (χ1n) is 7.88. The highest BCUT2D eigenvalue weighted by Crippen LogP contribution is 2.29. The van der Waals surface area contributed by atoms with Crippen LogP contribution in [-0.2, 0) is 16.1 Å². The number of hydrogen-bond donors (Lipinski definition) is 1. The Hall–Kier alpha value is -1.56. The molecule has 1 aromatic heterocycles. The molecule has 22 heavy (non-hydrogen) atoms. The van der Waals surface area contributed by atoms with E-state index in [2.05, 4.69) is 10.4 Å². The molecule has 1 aromatic rings. The molecule has 6 nitrogen and oxygen atoms in total. The van der Waals surface area contributed by atoms with Gasteiger partial charge in [-0.15, -0.1) is 0 Å². The Kier molecular flexibility index (Phi) is 4.66. The Morgan fingerprint density at radius 1 is 1.41 bits per heavy atom.